The van der Waals surface area contributed by atoms with Crippen LogP contribution in [-0.4, -0.2) is 62.8 Å². The van der Waals surface area contributed by atoms with Crippen molar-refractivity contribution in [2.45, 2.75) is 26.8 Å². The van der Waals surface area contributed by atoms with Crippen LogP contribution in [0.1, 0.15) is 40.1 Å². The molecule has 1 fully saturated rings. The van der Waals surface area contributed by atoms with E-state index in [1.165, 1.54) is 5.56 Å². The highest BCUT2D eigenvalue weighted by molar-refractivity contribution is 5.98. The minimum absolute atomic E-state index is 0.0253. The summed E-state index contributed by atoms with van der Waals surface area (Å²) in [4.78, 5) is 29.3. The predicted molar refractivity (Wildman–Crippen MR) is 111 cm³/mol. The van der Waals surface area contributed by atoms with Crippen molar-refractivity contribution < 1.29 is 9.59 Å². The Bertz CT molecular complexity index is 1030. The van der Waals surface area contributed by atoms with Gasteiger partial charge in [0.2, 0.25) is 0 Å². The Kier molecular flexibility index (Phi) is 5.29. The minimum Gasteiger partial charge on any atom is -0.335 e. The fourth-order valence-electron chi connectivity index (χ4n) is 3.70. The second-order valence-electron chi connectivity index (χ2n) is 7.24. The van der Waals surface area contributed by atoms with Crippen LogP contribution in [0, 0.1) is 0 Å². The molecular formula is C22H25N5O2. The number of nitrogens with zero attached hydrogens (tertiary/aromatic N) is 5. The third-order valence-electron chi connectivity index (χ3n) is 5.52. The number of amides is 2. The summed E-state index contributed by atoms with van der Waals surface area (Å²) in [6.07, 6.45) is 0.954. The molecule has 0 bridgehead atoms. The molecule has 2 aromatic carbocycles. The van der Waals surface area contributed by atoms with Gasteiger partial charge in [0.25, 0.3) is 11.8 Å². The molecule has 0 saturated carbocycles. The van der Waals surface area contributed by atoms with Gasteiger partial charge < -0.3 is 9.80 Å². The molecule has 1 aliphatic rings. The first-order valence-corrected chi connectivity index (χ1v) is 10.1. The van der Waals surface area contributed by atoms with Crippen LogP contribution in [0.25, 0.3) is 11.0 Å². The number of aryl methyl sites for hydroxylation is 2. The van der Waals surface area contributed by atoms with Gasteiger partial charge >= 0.3 is 0 Å². The molecule has 1 aromatic heterocycles. The lowest BCUT2D eigenvalue weighted by Gasteiger charge is -2.35. The average Bonchev–Trinajstić information content (AvgIpc) is 3.20. The SMILES string of the molecule is CCc1ccc(C(=O)N2CCN(C(=O)c3ccc4c(c3)nnn4CC)CC2)cc1. The van der Waals surface area contributed by atoms with E-state index in [-0.39, 0.29) is 11.8 Å². The summed E-state index contributed by atoms with van der Waals surface area (Å²) in [7, 11) is 0. The van der Waals surface area contributed by atoms with E-state index in [0.717, 1.165) is 24.0 Å². The third kappa shape index (κ3) is 3.72. The summed E-state index contributed by atoms with van der Waals surface area (Å²) in [6, 6.07) is 13.3. The monoisotopic (exact) mass is 391 g/mol. The van der Waals surface area contributed by atoms with Gasteiger partial charge in [-0.3, -0.25) is 9.59 Å². The van der Waals surface area contributed by atoms with Gasteiger partial charge in [-0.15, -0.1) is 5.10 Å². The first kappa shape index (κ1) is 19.1. The Labute approximate surface area is 169 Å². The molecule has 3 aromatic rings. The van der Waals surface area contributed by atoms with E-state index in [4.69, 9.17) is 0 Å². The lowest BCUT2D eigenvalue weighted by molar-refractivity contribution is 0.0535. The van der Waals surface area contributed by atoms with E-state index in [2.05, 4.69) is 17.2 Å². The number of piperazine rings is 1. The smallest absolute Gasteiger partial charge is 0.254 e. The third-order valence-corrected chi connectivity index (χ3v) is 5.52. The number of carbonyl (C=O) groups excluding carboxylic acids is 2. The Morgan fingerprint density at radius 3 is 2.03 bits per heavy atom. The van der Waals surface area contributed by atoms with Gasteiger partial charge in [-0.25, -0.2) is 4.68 Å². The maximum absolute atomic E-state index is 12.9. The van der Waals surface area contributed by atoms with E-state index >= 15 is 0 Å². The normalized spacial score (nSPS) is 14.4. The molecular weight excluding hydrogens is 366 g/mol. The summed E-state index contributed by atoms with van der Waals surface area (Å²) in [5.41, 5.74) is 4.17. The predicted octanol–water partition coefficient (Wildman–Crippen LogP) is 2.61. The molecule has 0 atom stereocenters. The largest absolute Gasteiger partial charge is 0.335 e. The lowest BCUT2D eigenvalue weighted by atomic mass is 10.1. The molecule has 4 rings (SSSR count). The summed E-state index contributed by atoms with van der Waals surface area (Å²) >= 11 is 0. The summed E-state index contributed by atoms with van der Waals surface area (Å²) < 4.78 is 1.81. The molecule has 0 spiro atoms. The van der Waals surface area contributed by atoms with Crippen molar-refractivity contribution in [1.29, 1.82) is 0 Å². The van der Waals surface area contributed by atoms with Crippen molar-refractivity contribution in [3.8, 4) is 0 Å². The number of benzene rings is 2. The molecule has 7 nitrogen and oxygen atoms in total. The summed E-state index contributed by atoms with van der Waals surface area (Å²) in [5.74, 6) is -0.00491. The Hall–Kier alpha value is -3.22. The molecule has 29 heavy (non-hydrogen) atoms. The van der Waals surface area contributed by atoms with Crippen molar-refractivity contribution >= 4 is 22.8 Å². The molecule has 150 valence electrons. The van der Waals surface area contributed by atoms with Crippen LogP contribution in [0.4, 0.5) is 0 Å². The van der Waals surface area contributed by atoms with Gasteiger partial charge in [-0.1, -0.05) is 24.3 Å². The topological polar surface area (TPSA) is 71.3 Å². The summed E-state index contributed by atoms with van der Waals surface area (Å²) in [5, 5.41) is 8.24. The van der Waals surface area contributed by atoms with Crippen molar-refractivity contribution in [2.24, 2.45) is 0 Å². The fourth-order valence-corrected chi connectivity index (χ4v) is 3.70. The molecule has 0 unspecified atom stereocenters. The molecule has 2 amide bonds. The van der Waals surface area contributed by atoms with Crippen molar-refractivity contribution in [1.82, 2.24) is 24.8 Å². The zero-order valence-corrected chi connectivity index (χ0v) is 16.8. The van der Waals surface area contributed by atoms with Gasteiger partial charge in [0.05, 0.1) is 5.52 Å². The van der Waals surface area contributed by atoms with Gasteiger partial charge in [0.1, 0.15) is 5.52 Å². The van der Waals surface area contributed by atoms with Gasteiger partial charge in [0, 0.05) is 43.9 Å². The van der Waals surface area contributed by atoms with Crippen LogP contribution < -0.4 is 0 Å². The highest BCUT2D eigenvalue weighted by Gasteiger charge is 2.25. The molecule has 7 heteroatoms. The maximum atomic E-state index is 12.9. The number of hydrogen-bond acceptors (Lipinski definition) is 4. The van der Waals surface area contributed by atoms with Crippen LogP contribution in [0.2, 0.25) is 0 Å². The van der Waals surface area contributed by atoms with E-state index in [9.17, 15) is 9.59 Å². The molecule has 1 saturated heterocycles. The van der Waals surface area contributed by atoms with E-state index in [1.807, 2.05) is 48.2 Å². The lowest BCUT2D eigenvalue weighted by Crippen LogP contribution is -2.50. The second-order valence-corrected chi connectivity index (χ2v) is 7.24. The van der Waals surface area contributed by atoms with Gasteiger partial charge in [-0.05, 0) is 49.2 Å². The Morgan fingerprint density at radius 2 is 1.45 bits per heavy atom. The number of aromatic nitrogens is 3. The zero-order valence-electron chi connectivity index (χ0n) is 16.8. The number of rotatable bonds is 4. The van der Waals surface area contributed by atoms with Gasteiger partial charge in [-0.2, -0.15) is 0 Å². The van der Waals surface area contributed by atoms with E-state index in [0.29, 0.717) is 37.3 Å². The van der Waals surface area contributed by atoms with Crippen LogP contribution in [-0.2, 0) is 13.0 Å². The van der Waals surface area contributed by atoms with Crippen LogP contribution >= 0.6 is 0 Å². The Morgan fingerprint density at radius 1 is 0.862 bits per heavy atom. The molecule has 2 heterocycles. The van der Waals surface area contributed by atoms with E-state index in [1.54, 1.807) is 15.6 Å². The van der Waals surface area contributed by atoms with Gasteiger partial charge in [0.15, 0.2) is 0 Å². The quantitative estimate of drug-likeness (QED) is 0.685. The zero-order chi connectivity index (χ0) is 20.4. The molecule has 0 aliphatic carbocycles. The number of hydrogen-bond donors (Lipinski definition) is 0. The standard InChI is InChI=1S/C22H25N5O2/c1-3-16-5-7-17(8-6-16)21(28)25-11-13-26(14-12-25)22(29)18-9-10-20-19(15-18)23-24-27(20)4-2/h5-10,15H,3-4,11-14H2,1-2H3. The second kappa shape index (κ2) is 8.03. The van der Waals surface area contributed by atoms with Crippen molar-refractivity contribution in [2.75, 3.05) is 26.2 Å². The Balaban J connectivity index is 1.41. The van der Waals surface area contributed by atoms with Crippen LogP contribution in [0.3, 0.4) is 0 Å². The number of fused-ring (bicyclic) bond motifs is 1. The number of carbonyl (C=O) groups is 2. The fraction of sp³-hybridized carbons (Fsp3) is 0.364. The minimum atomic E-state index is -0.0302. The highest BCUT2D eigenvalue weighted by atomic mass is 16.2. The first-order valence-electron chi connectivity index (χ1n) is 10.1. The first-order chi connectivity index (χ1) is 14.1. The highest BCUT2D eigenvalue weighted by Crippen LogP contribution is 2.17. The molecule has 0 N–H and O–H groups in total. The van der Waals surface area contributed by atoms with Crippen molar-refractivity contribution in [3.63, 3.8) is 0 Å². The van der Waals surface area contributed by atoms with Crippen LogP contribution in [0.15, 0.2) is 42.5 Å². The molecule has 0 radical (unpaired) electrons. The molecule has 1 aliphatic heterocycles. The van der Waals surface area contributed by atoms with Crippen molar-refractivity contribution in [3.05, 3.63) is 59.2 Å². The summed E-state index contributed by atoms with van der Waals surface area (Å²) in [6.45, 7) is 6.96. The maximum Gasteiger partial charge on any atom is 0.254 e. The van der Waals surface area contributed by atoms with E-state index < -0.39 is 0 Å². The van der Waals surface area contributed by atoms with Crippen LogP contribution in [0.5, 0.6) is 0 Å². The average molecular weight is 391 g/mol.